The van der Waals surface area contributed by atoms with Gasteiger partial charge in [0.15, 0.2) is 11.2 Å². The van der Waals surface area contributed by atoms with E-state index in [0.29, 0.717) is 11.6 Å². The minimum absolute atomic E-state index is 0.253. The Morgan fingerprint density at radius 1 is 1.00 bits per heavy atom. The Morgan fingerprint density at radius 3 is 2.45 bits per heavy atom. The summed E-state index contributed by atoms with van der Waals surface area (Å²) in [4.78, 5) is 26.8. The molecule has 2 aromatic rings. The summed E-state index contributed by atoms with van der Waals surface area (Å²) in [6.45, 7) is 3.05. The van der Waals surface area contributed by atoms with Crippen LogP contribution in [-0.2, 0) is 0 Å². The summed E-state index contributed by atoms with van der Waals surface area (Å²) < 4.78 is 0. The van der Waals surface area contributed by atoms with Gasteiger partial charge in [0.1, 0.15) is 0 Å². The van der Waals surface area contributed by atoms with Crippen molar-refractivity contribution in [3.05, 3.63) is 22.7 Å². The Labute approximate surface area is 130 Å². The predicted octanol–water partition coefficient (Wildman–Crippen LogP) is 3.27. The molecule has 2 heterocycles. The third kappa shape index (κ3) is 5.09. The highest BCUT2D eigenvalue weighted by atomic mass is 16.1. The molecule has 0 aliphatic carbocycles. The third-order valence-corrected chi connectivity index (χ3v) is 3.67. The highest BCUT2D eigenvalue weighted by Crippen LogP contribution is 2.08. The number of fused-ring (bicyclic) bond motifs is 1. The molecule has 0 aliphatic heterocycles. The Balaban J connectivity index is 1.68. The summed E-state index contributed by atoms with van der Waals surface area (Å²) in [6.07, 6.45) is 13.3. The van der Waals surface area contributed by atoms with Crippen molar-refractivity contribution in [2.45, 2.75) is 58.3 Å². The average molecular weight is 303 g/mol. The Kier molecular flexibility index (Phi) is 6.80. The van der Waals surface area contributed by atoms with Crippen LogP contribution < -0.4 is 10.9 Å². The van der Waals surface area contributed by atoms with Gasteiger partial charge in [0.05, 0.1) is 0 Å². The Bertz CT molecular complexity index is 625. The number of anilines is 1. The smallest absolute Gasteiger partial charge is 0.280 e. The second-order valence-electron chi connectivity index (χ2n) is 5.54. The van der Waals surface area contributed by atoms with Gasteiger partial charge in [0.25, 0.3) is 5.56 Å². The van der Waals surface area contributed by atoms with E-state index in [0.717, 1.165) is 13.0 Å². The summed E-state index contributed by atoms with van der Waals surface area (Å²) in [5, 5.41) is 3.15. The average Bonchev–Trinajstić information content (AvgIpc) is 2.53. The van der Waals surface area contributed by atoms with E-state index in [9.17, 15) is 4.79 Å². The van der Waals surface area contributed by atoms with Crippen molar-refractivity contribution < 1.29 is 0 Å². The van der Waals surface area contributed by atoms with Crippen molar-refractivity contribution >= 4 is 17.1 Å². The van der Waals surface area contributed by atoms with Crippen molar-refractivity contribution in [1.29, 1.82) is 0 Å². The monoisotopic (exact) mass is 303 g/mol. The lowest BCUT2D eigenvalue weighted by molar-refractivity contribution is 0.581. The normalized spacial score (nSPS) is 11.0. The highest BCUT2D eigenvalue weighted by Gasteiger charge is 2.04. The first kappa shape index (κ1) is 16.4. The molecule has 0 atom stereocenters. The minimum Gasteiger partial charge on any atom is -0.356 e. The molecule has 0 bridgehead atoms. The van der Waals surface area contributed by atoms with Gasteiger partial charge in [-0.15, -0.1) is 0 Å². The second-order valence-corrected chi connectivity index (χ2v) is 5.54. The molecule has 0 unspecified atom stereocenters. The van der Waals surface area contributed by atoms with Crippen molar-refractivity contribution in [2.24, 2.45) is 0 Å². The van der Waals surface area contributed by atoms with Crippen LogP contribution in [0.1, 0.15) is 58.3 Å². The molecule has 0 amide bonds. The summed E-state index contributed by atoms with van der Waals surface area (Å²) in [6, 6.07) is 0. The van der Waals surface area contributed by atoms with Crippen LogP contribution in [0.15, 0.2) is 17.2 Å². The topological polar surface area (TPSA) is 83.6 Å². The second kappa shape index (κ2) is 9.12. The fourth-order valence-corrected chi connectivity index (χ4v) is 2.42. The van der Waals surface area contributed by atoms with E-state index in [4.69, 9.17) is 0 Å². The van der Waals surface area contributed by atoms with Gasteiger partial charge >= 0.3 is 0 Å². The lowest BCUT2D eigenvalue weighted by Gasteiger charge is -2.05. The van der Waals surface area contributed by atoms with Crippen molar-refractivity contribution in [1.82, 2.24) is 19.9 Å². The molecule has 6 nitrogen and oxygen atoms in total. The number of nitrogens with zero attached hydrogens (tertiary/aromatic N) is 3. The van der Waals surface area contributed by atoms with E-state index in [2.05, 4.69) is 32.2 Å². The summed E-state index contributed by atoms with van der Waals surface area (Å²) in [5.41, 5.74) is 0.404. The number of nitrogens with one attached hydrogen (secondary N) is 2. The lowest BCUT2D eigenvalue weighted by atomic mass is 10.1. The van der Waals surface area contributed by atoms with Crippen LogP contribution in [0.4, 0.5) is 5.95 Å². The van der Waals surface area contributed by atoms with Gasteiger partial charge in [0, 0.05) is 18.9 Å². The van der Waals surface area contributed by atoms with E-state index in [-0.39, 0.29) is 11.1 Å². The standard InChI is InChI=1S/C16H25N5O/c1-2-3-4-5-6-7-8-9-10-19-16-20-14-13(15(22)21-16)17-11-12-18-14/h11-12H,2-10H2,1H3,(H2,18,19,20,21,22). The largest absolute Gasteiger partial charge is 0.356 e. The van der Waals surface area contributed by atoms with Crippen LogP contribution in [0.3, 0.4) is 0 Å². The molecule has 2 aromatic heterocycles. The summed E-state index contributed by atoms with van der Waals surface area (Å²) in [5.74, 6) is 0.473. The number of aromatic amines is 1. The molecular weight excluding hydrogens is 278 g/mol. The van der Waals surface area contributed by atoms with E-state index in [1.54, 1.807) is 0 Å². The van der Waals surface area contributed by atoms with Crippen LogP contribution in [0.25, 0.3) is 11.2 Å². The fourth-order valence-electron chi connectivity index (χ4n) is 2.42. The maximum Gasteiger partial charge on any atom is 0.280 e. The SMILES string of the molecule is CCCCCCCCCCNc1nc2nccnc2c(=O)[nH]1. The molecule has 0 radical (unpaired) electrons. The molecule has 6 heteroatoms. The molecule has 22 heavy (non-hydrogen) atoms. The lowest BCUT2D eigenvalue weighted by Crippen LogP contribution is -2.15. The number of hydrogen-bond acceptors (Lipinski definition) is 5. The molecular formula is C16H25N5O. The zero-order valence-electron chi connectivity index (χ0n) is 13.3. The van der Waals surface area contributed by atoms with Gasteiger partial charge in [-0.25, -0.2) is 9.97 Å². The van der Waals surface area contributed by atoms with E-state index in [1.807, 2.05) is 0 Å². The molecule has 0 aromatic carbocycles. The number of H-pyrrole nitrogens is 1. The molecule has 0 saturated carbocycles. The minimum atomic E-state index is -0.253. The maximum absolute atomic E-state index is 11.8. The van der Waals surface area contributed by atoms with Gasteiger partial charge in [-0.2, -0.15) is 4.98 Å². The summed E-state index contributed by atoms with van der Waals surface area (Å²) in [7, 11) is 0. The highest BCUT2D eigenvalue weighted by molar-refractivity contribution is 5.68. The molecule has 2 N–H and O–H groups in total. The van der Waals surface area contributed by atoms with Gasteiger partial charge in [-0.3, -0.25) is 9.78 Å². The first-order chi connectivity index (χ1) is 10.8. The van der Waals surface area contributed by atoms with E-state index in [1.165, 1.54) is 57.3 Å². The third-order valence-electron chi connectivity index (χ3n) is 3.67. The Hall–Kier alpha value is -1.98. The van der Waals surface area contributed by atoms with Crippen LogP contribution in [0, 0.1) is 0 Å². The number of aromatic nitrogens is 4. The van der Waals surface area contributed by atoms with Crippen molar-refractivity contribution in [3.63, 3.8) is 0 Å². The Morgan fingerprint density at radius 2 is 1.68 bits per heavy atom. The molecule has 0 spiro atoms. The molecule has 0 saturated heterocycles. The van der Waals surface area contributed by atoms with E-state index < -0.39 is 0 Å². The molecule has 2 rings (SSSR count). The van der Waals surface area contributed by atoms with Crippen LogP contribution in [-0.4, -0.2) is 26.5 Å². The fraction of sp³-hybridized carbons (Fsp3) is 0.625. The number of unbranched alkanes of at least 4 members (excludes halogenated alkanes) is 7. The van der Waals surface area contributed by atoms with Gasteiger partial charge in [0.2, 0.25) is 5.95 Å². The van der Waals surface area contributed by atoms with Crippen molar-refractivity contribution in [3.8, 4) is 0 Å². The molecule has 0 fully saturated rings. The summed E-state index contributed by atoms with van der Waals surface area (Å²) >= 11 is 0. The van der Waals surface area contributed by atoms with Gasteiger partial charge in [-0.05, 0) is 6.42 Å². The first-order valence-electron chi connectivity index (χ1n) is 8.26. The maximum atomic E-state index is 11.8. The zero-order valence-corrected chi connectivity index (χ0v) is 13.3. The predicted molar refractivity (Wildman–Crippen MR) is 89.1 cm³/mol. The van der Waals surface area contributed by atoms with Crippen LogP contribution >= 0.6 is 0 Å². The van der Waals surface area contributed by atoms with Crippen LogP contribution in [0.5, 0.6) is 0 Å². The zero-order chi connectivity index (χ0) is 15.6. The van der Waals surface area contributed by atoms with Gasteiger partial charge in [-0.1, -0.05) is 51.9 Å². The quantitative estimate of drug-likeness (QED) is 0.658. The van der Waals surface area contributed by atoms with Gasteiger partial charge < -0.3 is 5.32 Å². The molecule has 0 aliphatic rings. The van der Waals surface area contributed by atoms with Crippen molar-refractivity contribution in [2.75, 3.05) is 11.9 Å². The number of hydrogen-bond donors (Lipinski definition) is 2. The first-order valence-corrected chi connectivity index (χ1v) is 8.26. The van der Waals surface area contributed by atoms with Crippen LogP contribution in [0.2, 0.25) is 0 Å². The van der Waals surface area contributed by atoms with E-state index >= 15 is 0 Å². The number of rotatable bonds is 10. The molecule has 120 valence electrons.